The lowest BCUT2D eigenvalue weighted by Crippen LogP contribution is -2.39. The van der Waals surface area contributed by atoms with Gasteiger partial charge in [0.05, 0.1) is 17.4 Å². The summed E-state index contributed by atoms with van der Waals surface area (Å²) in [6.45, 7) is 0.550. The SMILES string of the molecule is CN(CC1CCCCC1O)C(=O)c1ccccc1N(C)C(=O)C1CC1. The molecule has 0 aliphatic heterocycles. The standard InChI is InChI=1S/C20H28N2O3/c1-21(13-15-7-3-6-10-18(15)23)20(25)16-8-4-5-9-17(16)22(2)19(24)14-11-12-14/h4-5,8-9,14-15,18,23H,3,6-7,10-13H2,1-2H3. The quantitative estimate of drug-likeness (QED) is 0.893. The summed E-state index contributed by atoms with van der Waals surface area (Å²) >= 11 is 0. The summed E-state index contributed by atoms with van der Waals surface area (Å²) in [5.74, 6) is 0.249. The van der Waals surface area contributed by atoms with Gasteiger partial charge >= 0.3 is 0 Å². The first kappa shape index (κ1) is 17.9. The van der Waals surface area contributed by atoms with Gasteiger partial charge in [0.1, 0.15) is 0 Å². The molecule has 25 heavy (non-hydrogen) atoms. The number of nitrogens with zero attached hydrogens (tertiary/aromatic N) is 2. The van der Waals surface area contributed by atoms with Crippen molar-refractivity contribution in [3.8, 4) is 0 Å². The third-order valence-electron chi connectivity index (χ3n) is 5.48. The number of hydrogen-bond acceptors (Lipinski definition) is 3. The van der Waals surface area contributed by atoms with Crippen LogP contribution >= 0.6 is 0 Å². The van der Waals surface area contributed by atoms with Crippen LogP contribution in [0.2, 0.25) is 0 Å². The molecule has 2 aliphatic carbocycles. The highest BCUT2D eigenvalue weighted by atomic mass is 16.3. The van der Waals surface area contributed by atoms with Crippen LogP contribution in [0.5, 0.6) is 0 Å². The van der Waals surface area contributed by atoms with Crippen LogP contribution in [-0.4, -0.2) is 48.6 Å². The second-order valence-electron chi connectivity index (χ2n) is 7.49. The average molecular weight is 344 g/mol. The van der Waals surface area contributed by atoms with E-state index in [0.717, 1.165) is 38.5 Å². The monoisotopic (exact) mass is 344 g/mol. The number of rotatable bonds is 5. The molecule has 2 amide bonds. The van der Waals surface area contributed by atoms with Gasteiger partial charge in [-0.3, -0.25) is 9.59 Å². The minimum absolute atomic E-state index is 0.0885. The first-order valence-corrected chi connectivity index (χ1v) is 9.29. The molecule has 136 valence electrons. The maximum absolute atomic E-state index is 13.0. The van der Waals surface area contributed by atoms with Crippen molar-refractivity contribution in [2.24, 2.45) is 11.8 Å². The predicted octanol–water partition coefficient (Wildman–Crippen LogP) is 2.68. The van der Waals surface area contributed by atoms with Gasteiger partial charge in [-0.15, -0.1) is 0 Å². The topological polar surface area (TPSA) is 60.9 Å². The molecule has 1 aromatic rings. The molecule has 3 rings (SSSR count). The number of hydrogen-bond donors (Lipinski definition) is 1. The average Bonchev–Trinajstić information content (AvgIpc) is 3.47. The van der Waals surface area contributed by atoms with Gasteiger partial charge in [-0.1, -0.05) is 25.0 Å². The van der Waals surface area contributed by atoms with Gasteiger partial charge in [0.25, 0.3) is 5.91 Å². The Hall–Kier alpha value is -1.88. The number of aliphatic hydroxyl groups is 1. The minimum Gasteiger partial charge on any atom is -0.393 e. The van der Waals surface area contributed by atoms with E-state index in [0.29, 0.717) is 17.8 Å². The van der Waals surface area contributed by atoms with Gasteiger partial charge in [0.2, 0.25) is 5.91 Å². The summed E-state index contributed by atoms with van der Waals surface area (Å²) in [6, 6.07) is 7.29. The predicted molar refractivity (Wildman–Crippen MR) is 97.5 cm³/mol. The molecular weight excluding hydrogens is 316 g/mol. The zero-order chi connectivity index (χ0) is 18.0. The Morgan fingerprint density at radius 2 is 1.76 bits per heavy atom. The van der Waals surface area contributed by atoms with Gasteiger partial charge in [-0.05, 0) is 37.8 Å². The Bertz CT molecular complexity index is 642. The molecule has 1 aromatic carbocycles. The summed E-state index contributed by atoms with van der Waals surface area (Å²) < 4.78 is 0. The van der Waals surface area contributed by atoms with Crippen molar-refractivity contribution in [3.63, 3.8) is 0 Å². The first-order valence-electron chi connectivity index (χ1n) is 9.29. The largest absolute Gasteiger partial charge is 0.393 e. The van der Waals surface area contributed by atoms with Gasteiger partial charge in [-0.2, -0.15) is 0 Å². The fourth-order valence-electron chi connectivity index (χ4n) is 3.71. The number of aliphatic hydroxyl groups excluding tert-OH is 1. The lowest BCUT2D eigenvalue weighted by molar-refractivity contribution is -0.119. The summed E-state index contributed by atoms with van der Waals surface area (Å²) in [5.41, 5.74) is 1.22. The van der Waals surface area contributed by atoms with E-state index in [9.17, 15) is 14.7 Å². The van der Waals surface area contributed by atoms with Crippen LogP contribution in [0.4, 0.5) is 5.69 Å². The molecule has 2 fully saturated rings. The van der Waals surface area contributed by atoms with E-state index in [1.807, 2.05) is 18.2 Å². The van der Waals surface area contributed by atoms with Crippen molar-refractivity contribution in [2.75, 3.05) is 25.5 Å². The minimum atomic E-state index is -0.321. The molecule has 2 aliphatic rings. The molecule has 2 atom stereocenters. The van der Waals surface area contributed by atoms with Crippen molar-refractivity contribution in [3.05, 3.63) is 29.8 Å². The van der Waals surface area contributed by atoms with Crippen LogP contribution in [0.1, 0.15) is 48.9 Å². The maximum atomic E-state index is 13.0. The highest BCUT2D eigenvalue weighted by molar-refractivity contribution is 6.05. The molecule has 0 saturated heterocycles. The fraction of sp³-hybridized carbons (Fsp3) is 0.600. The normalized spacial score (nSPS) is 23.2. The zero-order valence-electron chi connectivity index (χ0n) is 15.1. The highest BCUT2D eigenvalue weighted by Crippen LogP contribution is 2.33. The van der Waals surface area contributed by atoms with Crippen LogP contribution in [0, 0.1) is 11.8 Å². The van der Waals surface area contributed by atoms with Gasteiger partial charge in [0.15, 0.2) is 0 Å². The Labute approximate surface area is 149 Å². The second kappa shape index (κ2) is 7.56. The third kappa shape index (κ3) is 4.03. The molecule has 5 nitrogen and oxygen atoms in total. The van der Waals surface area contributed by atoms with Crippen LogP contribution in [-0.2, 0) is 4.79 Å². The Morgan fingerprint density at radius 3 is 2.44 bits per heavy atom. The number of carbonyl (C=O) groups is 2. The van der Waals surface area contributed by atoms with E-state index in [1.165, 1.54) is 0 Å². The molecule has 0 bridgehead atoms. The lowest BCUT2D eigenvalue weighted by Gasteiger charge is -2.31. The van der Waals surface area contributed by atoms with E-state index >= 15 is 0 Å². The van der Waals surface area contributed by atoms with Crippen LogP contribution in [0.3, 0.4) is 0 Å². The van der Waals surface area contributed by atoms with Crippen LogP contribution in [0.15, 0.2) is 24.3 Å². The number of para-hydroxylation sites is 1. The van der Waals surface area contributed by atoms with Gasteiger partial charge in [0, 0.05) is 32.5 Å². The van der Waals surface area contributed by atoms with E-state index in [2.05, 4.69) is 0 Å². The number of amides is 2. The second-order valence-corrected chi connectivity index (χ2v) is 7.49. The lowest BCUT2D eigenvalue weighted by atomic mass is 9.86. The summed E-state index contributed by atoms with van der Waals surface area (Å²) in [7, 11) is 3.53. The van der Waals surface area contributed by atoms with Crippen molar-refractivity contribution in [1.29, 1.82) is 0 Å². The first-order chi connectivity index (χ1) is 12.0. The van der Waals surface area contributed by atoms with Crippen LogP contribution in [0.25, 0.3) is 0 Å². The molecule has 0 heterocycles. The Balaban J connectivity index is 1.73. The molecule has 2 saturated carbocycles. The molecule has 0 spiro atoms. The fourth-order valence-corrected chi connectivity index (χ4v) is 3.71. The molecular formula is C20H28N2O3. The van der Waals surface area contributed by atoms with Crippen molar-refractivity contribution >= 4 is 17.5 Å². The number of carbonyl (C=O) groups excluding carboxylic acids is 2. The molecule has 5 heteroatoms. The summed E-state index contributed by atoms with van der Waals surface area (Å²) in [6.07, 6.45) is 5.52. The zero-order valence-corrected chi connectivity index (χ0v) is 15.1. The van der Waals surface area contributed by atoms with Crippen molar-refractivity contribution < 1.29 is 14.7 Å². The van der Waals surface area contributed by atoms with Gasteiger partial charge < -0.3 is 14.9 Å². The molecule has 0 radical (unpaired) electrons. The summed E-state index contributed by atoms with van der Waals surface area (Å²) in [4.78, 5) is 28.7. The van der Waals surface area contributed by atoms with Crippen molar-refractivity contribution in [2.45, 2.75) is 44.6 Å². The highest BCUT2D eigenvalue weighted by Gasteiger charge is 2.34. The molecule has 0 aromatic heterocycles. The Kier molecular flexibility index (Phi) is 5.42. The summed E-state index contributed by atoms with van der Waals surface area (Å²) in [5, 5.41) is 10.2. The van der Waals surface area contributed by atoms with Gasteiger partial charge in [-0.25, -0.2) is 0 Å². The number of benzene rings is 1. The maximum Gasteiger partial charge on any atom is 0.255 e. The van der Waals surface area contributed by atoms with Crippen molar-refractivity contribution in [1.82, 2.24) is 4.90 Å². The van der Waals surface area contributed by atoms with Crippen LogP contribution < -0.4 is 4.90 Å². The molecule has 2 unspecified atom stereocenters. The Morgan fingerprint density at radius 1 is 1.08 bits per heavy atom. The van der Waals surface area contributed by atoms with E-state index in [-0.39, 0.29) is 29.8 Å². The molecule has 1 N–H and O–H groups in total. The smallest absolute Gasteiger partial charge is 0.255 e. The van der Waals surface area contributed by atoms with E-state index in [4.69, 9.17) is 0 Å². The third-order valence-corrected chi connectivity index (χ3v) is 5.48. The number of anilines is 1. The van der Waals surface area contributed by atoms with E-state index in [1.54, 1.807) is 30.0 Å². The van der Waals surface area contributed by atoms with E-state index < -0.39 is 0 Å².